The third-order valence-electron chi connectivity index (χ3n) is 4.06. The van der Waals surface area contributed by atoms with Crippen molar-refractivity contribution in [2.75, 3.05) is 18.0 Å². The van der Waals surface area contributed by atoms with Gasteiger partial charge in [0.05, 0.1) is 0 Å². The molecule has 2 aromatic carbocycles. The van der Waals surface area contributed by atoms with Crippen molar-refractivity contribution in [3.05, 3.63) is 64.7 Å². The largest absolute Gasteiger partial charge is 0.366 e. The van der Waals surface area contributed by atoms with E-state index in [2.05, 4.69) is 0 Å². The number of carbonyl (C=O) groups is 2. The zero-order valence-corrected chi connectivity index (χ0v) is 13.9. The number of primary amides is 1. The highest BCUT2D eigenvalue weighted by Gasteiger charge is 2.26. The molecule has 0 unspecified atom stereocenters. The Morgan fingerprint density at radius 1 is 1.04 bits per heavy atom. The van der Waals surface area contributed by atoms with Crippen molar-refractivity contribution < 1.29 is 9.59 Å². The van der Waals surface area contributed by atoms with Crippen molar-refractivity contribution in [2.24, 2.45) is 5.73 Å². The van der Waals surface area contributed by atoms with Crippen LogP contribution < -0.4 is 10.6 Å². The van der Waals surface area contributed by atoms with Gasteiger partial charge in [-0.25, -0.2) is 4.79 Å². The van der Waals surface area contributed by atoms with E-state index in [9.17, 15) is 9.59 Å². The molecule has 2 N–H and O–H groups in total. The van der Waals surface area contributed by atoms with Crippen LogP contribution in [-0.2, 0) is 6.54 Å². The second kappa shape index (κ2) is 6.93. The Morgan fingerprint density at radius 2 is 1.71 bits per heavy atom. The molecule has 0 radical (unpaired) electrons. The lowest BCUT2D eigenvalue weighted by atomic mass is 10.1. The maximum Gasteiger partial charge on any atom is 0.324 e. The Bertz CT molecular complexity index is 744. The summed E-state index contributed by atoms with van der Waals surface area (Å²) in [5.41, 5.74) is 7.49. The first kappa shape index (κ1) is 16.3. The van der Waals surface area contributed by atoms with Gasteiger partial charge in [-0.2, -0.15) is 0 Å². The molecule has 0 bridgehead atoms. The normalized spacial score (nSPS) is 14.8. The number of nitrogens with two attached hydrogens (primary N) is 1. The van der Waals surface area contributed by atoms with E-state index in [1.807, 2.05) is 29.2 Å². The van der Waals surface area contributed by atoms with Gasteiger partial charge in [0.1, 0.15) is 0 Å². The average Bonchev–Trinajstić information content (AvgIpc) is 2.59. The highest BCUT2D eigenvalue weighted by atomic mass is 35.5. The van der Waals surface area contributed by atoms with Gasteiger partial charge in [0.15, 0.2) is 0 Å². The standard InChI is InChI=1S/C18H18ClN3O2/c19-15-6-2-13(3-7-15)12-21-10-1-11-22(18(21)24)16-8-4-14(5-9-16)17(20)23/h2-9H,1,10-12H2,(H2,20,23). The molecule has 24 heavy (non-hydrogen) atoms. The third-order valence-corrected chi connectivity index (χ3v) is 4.31. The highest BCUT2D eigenvalue weighted by molar-refractivity contribution is 6.30. The van der Waals surface area contributed by atoms with Crippen molar-refractivity contribution in [1.29, 1.82) is 0 Å². The zero-order chi connectivity index (χ0) is 17.1. The molecule has 0 aromatic heterocycles. The molecular formula is C18H18ClN3O2. The van der Waals surface area contributed by atoms with E-state index in [4.69, 9.17) is 17.3 Å². The molecule has 3 amide bonds. The Labute approximate surface area is 145 Å². The van der Waals surface area contributed by atoms with E-state index in [1.54, 1.807) is 29.2 Å². The number of carbonyl (C=O) groups excluding carboxylic acids is 2. The lowest BCUT2D eigenvalue weighted by Crippen LogP contribution is -2.49. The van der Waals surface area contributed by atoms with Crippen LogP contribution in [0.2, 0.25) is 5.02 Å². The average molecular weight is 344 g/mol. The summed E-state index contributed by atoms with van der Waals surface area (Å²) in [6, 6.07) is 14.3. The fourth-order valence-electron chi connectivity index (χ4n) is 2.78. The molecule has 0 aliphatic carbocycles. The molecule has 0 spiro atoms. The fraction of sp³-hybridized carbons (Fsp3) is 0.222. The molecular weight excluding hydrogens is 326 g/mol. The summed E-state index contributed by atoms with van der Waals surface area (Å²) < 4.78 is 0. The lowest BCUT2D eigenvalue weighted by molar-refractivity contribution is 0.100. The molecule has 5 nitrogen and oxygen atoms in total. The van der Waals surface area contributed by atoms with Crippen LogP contribution in [0.1, 0.15) is 22.3 Å². The number of halogens is 1. The molecule has 1 fully saturated rings. The van der Waals surface area contributed by atoms with Gasteiger partial charge in [0, 0.05) is 35.9 Å². The number of rotatable bonds is 4. The summed E-state index contributed by atoms with van der Waals surface area (Å²) in [4.78, 5) is 27.4. The van der Waals surface area contributed by atoms with Crippen molar-refractivity contribution >= 4 is 29.2 Å². The van der Waals surface area contributed by atoms with Crippen molar-refractivity contribution in [3.63, 3.8) is 0 Å². The van der Waals surface area contributed by atoms with E-state index in [1.165, 1.54) is 0 Å². The molecule has 1 aliphatic rings. The first-order valence-electron chi connectivity index (χ1n) is 7.75. The van der Waals surface area contributed by atoms with Gasteiger partial charge in [-0.15, -0.1) is 0 Å². The Balaban J connectivity index is 1.74. The van der Waals surface area contributed by atoms with Crippen molar-refractivity contribution in [3.8, 4) is 0 Å². The molecule has 6 heteroatoms. The number of benzene rings is 2. The number of hydrogen-bond donors (Lipinski definition) is 1. The molecule has 0 atom stereocenters. The fourth-order valence-corrected chi connectivity index (χ4v) is 2.91. The smallest absolute Gasteiger partial charge is 0.324 e. The minimum Gasteiger partial charge on any atom is -0.366 e. The topological polar surface area (TPSA) is 66.6 Å². The van der Waals surface area contributed by atoms with Crippen LogP contribution in [0, 0.1) is 0 Å². The monoisotopic (exact) mass is 343 g/mol. The summed E-state index contributed by atoms with van der Waals surface area (Å²) in [6.07, 6.45) is 0.886. The second-order valence-corrected chi connectivity index (χ2v) is 6.18. The van der Waals surface area contributed by atoms with Gasteiger partial charge < -0.3 is 10.6 Å². The van der Waals surface area contributed by atoms with Gasteiger partial charge in [0.25, 0.3) is 0 Å². The number of anilines is 1. The van der Waals surface area contributed by atoms with Crippen molar-refractivity contribution in [2.45, 2.75) is 13.0 Å². The van der Waals surface area contributed by atoms with E-state index in [0.29, 0.717) is 23.7 Å². The Kier molecular flexibility index (Phi) is 4.71. The summed E-state index contributed by atoms with van der Waals surface area (Å²) >= 11 is 5.90. The van der Waals surface area contributed by atoms with Crippen LogP contribution in [-0.4, -0.2) is 29.9 Å². The molecule has 1 saturated heterocycles. The molecule has 124 valence electrons. The minimum atomic E-state index is -0.476. The minimum absolute atomic E-state index is 0.0389. The number of hydrogen-bond acceptors (Lipinski definition) is 2. The third kappa shape index (κ3) is 3.51. The van der Waals surface area contributed by atoms with E-state index in [0.717, 1.165) is 24.2 Å². The van der Waals surface area contributed by atoms with Gasteiger partial charge in [0.2, 0.25) is 5.91 Å². The predicted molar refractivity (Wildman–Crippen MR) is 94.2 cm³/mol. The zero-order valence-electron chi connectivity index (χ0n) is 13.1. The van der Waals surface area contributed by atoms with Crippen LogP contribution in [0.5, 0.6) is 0 Å². The summed E-state index contributed by atoms with van der Waals surface area (Å²) in [5.74, 6) is -0.476. The predicted octanol–water partition coefficient (Wildman–Crippen LogP) is 3.27. The van der Waals surface area contributed by atoms with Crippen LogP contribution in [0.4, 0.5) is 10.5 Å². The first-order valence-corrected chi connectivity index (χ1v) is 8.13. The van der Waals surface area contributed by atoms with Gasteiger partial charge >= 0.3 is 6.03 Å². The van der Waals surface area contributed by atoms with Crippen LogP contribution in [0.25, 0.3) is 0 Å². The molecule has 3 rings (SSSR count). The molecule has 0 saturated carbocycles. The van der Waals surface area contributed by atoms with Crippen LogP contribution in [0.15, 0.2) is 48.5 Å². The van der Waals surface area contributed by atoms with Gasteiger partial charge in [-0.05, 0) is 48.4 Å². The Morgan fingerprint density at radius 3 is 2.33 bits per heavy atom. The molecule has 1 aliphatic heterocycles. The number of urea groups is 1. The molecule has 1 heterocycles. The Hall–Kier alpha value is -2.53. The highest BCUT2D eigenvalue weighted by Crippen LogP contribution is 2.22. The van der Waals surface area contributed by atoms with E-state index < -0.39 is 5.91 Å². The SMILES string of the molecule is NC(=O)c1ccc(N2CCCN(Cc3ccc(Cl)cc3)C2=O)cc1. The van der Waals surface area contributed by atoms with E-state index in [-0.39, 0.29) is 6.03 Å². The first-order chi connectivity index (χ1) is 11.5. The number of nitrogens with zero attached hydrogens (tertiary/aromatic N) is 2. The lowest BCUT2D eigenvalue weighted by Gasteiger charge is -2.35. The van der Waals surface area contributed by atoms with Gasteiger partial charge in [-0.3, -0.25) is 9.69 Å². The van der Waals surface area contributed by atoms with Crippen molar-refractivity contribution in [1.82, 2.24) is 4.90 Å². The van der Waals surface area contributed by atoms with Gasteiger partial charge in [-0.1, -0.05) is 23.7 Å². The van der Waals surface area contributed by atoms with E-state index >= 15 is 0 Å². The summed E-state index contributed by atoms with van der Waals surface area (Å²) in [6.45, 7) is 1.93. The molecule has 2 aromatic rings. The summed E-state index contributed by atoms with van der Waals surface area (Å²) in [5, 5.41) is 0.680. The maximum atomic E-state index is 12.8. The summed E-state index contributed by atoms with van der Waals surface area (Å²) in [7, 11) is 0. The quantitative estimate of drug-likeness (QED) is 0.925. The van der Waals surface area contributed by atoms with Crippen LogP contribution >= 0.6 is 11.6 Å². The van der Waals surface area contributed by atoms with Crippen LogP contribution in [0.3, 0.4) is 0 Å². The maximum absolute atomic E-state index is 12.8. The number of amides is 3. The second-order valence-electron chi connectivity index (χ2n) is 5.75.